The van der Waals surface area contributed by atoms with Crippen molar-refractivity contribution in [1.82, 2.24) is 10.1 Å². The van der Waals surface area contributed by atoms with Gasteiger partial charge < -0.3 is 24.8 Å². The van der Waals surface area contributed by atoms with E-state index in [2.05, 4.69) is 14.9 Å². The minimum absolute atomic E-state index is 0.0256. The topological polar surface area (TPSA) is 121 Å². The van der Waals surface area contributed by atoms with E-state index in [9.17, 15) is 9.90 Å². The van der Waals surface area contributed by atoms with Crippen LogP contribution in [-0.4, -0.2) is 35.4 Å². The maximum Gasteiger partial charge on any atom is 0.341 e. The number of aromatic nitrogens is 2. The van der Waals surface area contributed by atoms with Crippen LogP contribution in [-0.2, 0) is 11.3 Å². The smallest absolute Gasteiger partial charge is 0.341 e. The van der Waals surface area contributed by atoms with E-state index in [1.54, 1.807) is 0 Å². The number of carbonyl (C=O) groups excluding carboxylic acids is 1. The minimum atomic E-state index is -0.686. The van der Waals surface area contributed by atoms with Crippen molar-refractivity contribution < 1.29 is 23.9 Å². The molecule has 20 heavy (non-hydrogen) atoms. The Morgan fingerprint density at radius 3 is 2.75 bits per heavy atom. The van der Waals surface area contributed by atoms with Gasteiger partial charge in [0, 0.05) is 6.07 Å². The summed E-state index contributed by atoms with van der Waals surface area (Å²) in [6, 6.07) is 2.64. The summed E-state index contributed by atoms with van der Waals surface area (Å²) >= 11 is 0. The van der Waals surface area contributed by atoms with Crippen molar-refractivity contribution in [3.05, 3.63) is 23.6 Å². The number of aromatic hydroxyl groups is 1. The molecule has 0 bridgehead atoms. The molecule has 0 saturated heterocycles. The Morgan fingerprint density at radius 2 is 2.20 bits per heavy atom. The number of nitrogens with two attached hydrogens (primary N) is 1. The van der Waals surface area contributed by atoms with Gasteiger partial charge in [-0.05, 0) is 6.07 Å². The molecule has 0 unspecified atom stereocenters. The molecule has 0 radical (unpaired) electrons. The highest BCUT2D eigenvalue weighted by Gasteiger charge is 2.20. The summed E-state index contributed by atoms with van der Waals surface area (Å²) in [5, 5.41) is 13.5. The van der Waals surface area contributed by atoms with Crippen LogP contribution in [0, 0.1) is 0 Å². The van der Waals surface area contributed by atoms with Crippen molar-refractivity contribution in [2.75, 3.05) is 14.2 Å². The molecule has 8 heteroatoms. The first-order chi connectivity index (χ1) is 9.60. The number of hydrogen-bond donors (Lipinski definition) is 2. The second kappa shape index (κ2) is 5.57. The molecule has 8 nitrogen and oxygen atoms in total. The first-order valence-electron chi connectivity index (χ1n) is 5.63. The normalized spacial score (nSPS) is 10.3. The van der Waals surface area contributed by atoms with Crippen LogP contribution in [0.25, 0.3) is 11.4 Å². The number of phenolic OH excluding ortho intramolecular Hbond substituents is 1. The van der Waals surface area contributed by atoms with Gasteiger partial charge in [0.1, 0.15) is 17.1 Å². The molecule has 2 aromatic rings. The summed E-state index contributed by atoms with van der Waals surface area (Å²) in [4.78, 5) is 15.6. The van der Waals surface area contributed by atoms with E-state index in [4.69, 9.17) is 15.0 Å². The monoisotopic (exact) mass is 279 g/mol. The number of esters is 1. The number of hydrogen-bond acceptors (Lipinski definition) is 8. The summed E-state index contributed by atoms with van der Waals surface area (Å²) in [5.74, 6) is -0.212. The molecular formula is C12H13N3O5. The lowest BCUT2D eigenvalue weighted by Crippen LogP contribution is -2.03. The van der Waals surface area contributed by atoms with E-state index in [-0.39, 0.29) is 29.6 Å². The lowest BCUT2D eigenvalue weighted by molar-refractivity contribution is 0.0597. The number of methoxy groups -OCH3 is 2. The summed E-state index contributed by atoms with van der Waals surface area (Å²) in [7, 11) is 2.63. The zero-order valence-corrected chi connectivity index (χ0v) is 10.9. The molecule has 0 aliphatic rings. The molecule has 0 atom stereocenters. The van der Waals surface area contributed by atoms with Gasteiger partial charge in [0.2, 0.25) is 11.7 Å². The second-order valence-corrected chi connectivity index (χ2v) is 3.78. The quantitative estimate of drug-likeness (QED) is 0.784. The molecule has 0 aliphatic heterocycles. The fourth-order valence-corrected chi connectivity index (χ4v) is 1.63. The highest BCUT2D eigenvalue weighted by molar-refractivity contribution is 5.94. The molecule has 3 N–H and O–H groups in total. The highest BCUT2D eigenvalue weighted by atomic mass is 16.5. The Balaban J connectivity index is 2.57. The van der Waals surface area contributed by atoms with Gasteiger partial charge in [0.25, 0.3) is 0 Å². The van der Waals surface area contributed by atoms with Gasteiger partial charge in [-0.15, -0.1) is 0 Å². The Kier molecular flexibility index (Phi) is 3.85. The molecule has 1 heterocycles. The highest BCUT2D eigenvalue weighted by Crippen LogP contribution is 2.34. The first-order valence-corrected chi connectivity index (χ1v) is 5.63. The van der Waals surface area contributed by atoms with Crippen molar-refractivity contribution in [2.24, 2.45) is 5.73 Å². The van der Waals surface area contributed by atoms with Crippen LogP contribution in [0.5, 0.6) is 11.5 Å². The molecule has 0 saturated carbocycles. The molecule has 0 fully saturated rings. The molecule has 1 aromatic heterocycles. The average molecular weight is 279 g/mol. The molecule has 106 valence electrons. The van der Waals surface area contributed by atoms with E-state index in [0.717, 1.165) is 0 Å². The lowest BCUT2D eigenvalue weighted by Gasteiger charge is -2.09. The van der Waals surface area contributed by atoms with Gasteiger partial charge in [-0.1, -0.05) is 5.16 Å². The van der Waals surface area contributed by atoms with Crippen LogP contribution < -0.4 is 10.5 Å². The van der Waals surface area contributed by atoms with Gasteiger partial charge >= 0.3 is 5.97 Å². The van der Waals surface area contributed by atoms with E-state index in [0.29, 0.717) is 11.3 Å². The molecule has 1 aromatic carbocycles. The second-order valence-electron chi connectivity index (χ2n) is 3.78. The van der Waals surface area contributed by atoms with Crippen LogP contribution in [0.4, 0.5) is 0 Å². The van der Waals surface area contributed by atoms with Crippen molar-refractivity contribution in [3.8, 4) is 22.9 Å². The van der Waals surface area contributed by atoms with Crippen LogP contribution in [0.1, 0.15) is 16.2 Å². The van der Waals surface area contributed by atoms with Gasteiger partial charge in [-0.25, -0.2) is 4.79 Å². The number of rotatable bonds is 4. The zero-order valence-electron chi connectivity index (χ0n) is 10.9. The average Bonchev–Trinajstić information content (AvgIpc) is 2.94. The largest absolute Gasteiger partial charge is 0.507 e. The Hall–Kier alpha value is -2.61. The Morgan fingerprint density at radius 1 is 1.45 bits per heavy atom. The number of carbonyl (C=O) groups is 1. The first kappa shape index (κ1) is 13.8. The van der Waals surface area contributed by atoms with E-state index >= 15 is 0 Å². The van der Waals surface area contributed by atoms with E-state index in [1.807, 2.05) is 0 Å². The summed E-state index contributed by atoms with van der Waals surface area (Å²) in [6.45, 7) is 0.0945. The summed E-state index contributed by atoms with van der Waals surface area (Å²) in [5.41, 5.74) is 5.75. The summed E-state index contributed by atoms with van der Waals surface area (Å²) in [6.07, 6.45) is 0. The molecule has 2 rings (SSSR count). The predicted octanol–water partition coefficient (Wildman–Crippen LogP) is 0.696. The van der Waals surface area contributed by atoms with Crippen molar-refractivity contribution in [2.45, 2.75) is 6.54 Å². The third kappa shape index (κ3) is 2.41. The molecule has 0 spiro atoms. The summed E-state index contributed by atoms with van der Waals surface area (Å²) < 4.78 is 14.6. The van der Waals surface area contributed by atoms with Crippen molar-refractivity contribution >= 4 is 5.97 Å². The minimum Gasteiger partial charge on any atom is -0.507 e. The molecule has 0 aliphatic carbocycles. The number of phenols is 1. The van der Waals surface area contributed by atoms with Gasteiger partial charge in [-0.2, -0.15) is 4.98 Å². The van der Waals surface area contributed by atoms with Gasteiger partial charge in [-0.3, -0.25) is 0 Å². The fourth-order valence-electron chi connectivity index (χ4n) is 1.63. The number of nitrogens with zero attached hydrogens (tertiary/aromatic N) is 2. The van der Waals surface area contributed by atoms with E-state index < -0.39 is 5.97 Å². The molecular weight excluding hydrogens is 266 g/mol. The maximum atomic E-state index is 11.6. The van der Waals surface area contributed by atoms with Crippen LogP contribution in [0.2, 0.25) is 0 Å². The third-order valence-corrected chi connectivity index (χ3v) is 2.61. The SMILES string of the molecule is COC(=O)c1cc(-c2noc(CN)n2)c(OC)cc1O. The zero-order chi connectivity index (χ0) is 14.7. The van der Waals surface area contributed by atoms with Crippen LogP contribution in [0.3, 0.4) is 0 Å². The van der Waals surface area contributed by atoms with Gasteiger partial charge in [0.15, 0.2) is 0 Å². The predicted molar refractivity (Wildman–Crippen MR) is 67.2 cm³/mol. The number of benzene rings is 1. The standard InChI is InChI=1S/C12H13N3O5/c1-18-9-4-8(16)6(12(17)19-2)3-7(9)11-14-10(5-13)20-15-11/h3-4,16H,5,13H2,1-2H3. The van der Waals surface area contributed by atoms with Gasteiger partial charge in [0.05, 0.1) is 26.3 Å². The van der Waals surface area contributed by atoms with Crippen LogP contribution >= 0.6 is 0 Å². The molecule has 0 amide bonds. The van der Waals surface area contributed by atoms with Crippen molar-refractivity contribution in [1.29, 1.82) is 0 Å². The fraction of sp³-hybridized carbons (Fsp3) is 0.250. The maximum absolute atomic E-state index is 11.6. The third-order valence-electron chi connectivity index (χ3n) is 2.61. The van der Waals surface area contributed by atoms with E-state index in [1.165, 1.54) is 26.4 Å². The van der Waals surface area contributed by atoms with Crippen molar-refractivity contribution in [3.63, 3.8) is 0 Å². The number of ether oxygens (including phenoxy) is 2. The Labute approximate surface area is 114 Å². The Bertz CT molecular complexity index is 638. The van der Waals surface area contributed by atoms with Crippen LogP contribution in [0.15, 0.2) is 16.7 Å². The lowest BCUT2D eigenvalue weighted by atomic mass is 10.1.